The molecule has 0 aromatic rings. The molecule has 0 saturated carbocycles. The molecule has 0 fully saturated rings. The van der Waals surface area contributed by atoms with Crippen LogP contribution < -0.4 is 5.32 Å². The van der Waals surface area contributed by atoms with Crippen LogP contribution >= 0.6 is 17.0 Å². The van der Waals surface area contributed by atoms with Crippen LogP contribution in [0.2, 0.25) is 0 Å². The molecule has 8 heavy (non-hydrogen) atoms. The molecule has 0 aromatic heterocycles. The molecule has 0 bridgehead atoms. The van der Waals surface area contributed by atoms with E-state index in [2.05, 4.69) is 5.32 Å². The van der Waals surface area contributed by atoms with E-state index in [0.29, 0.717) is 6.54 Å². The fraction of sp³-hybridized carbons (Fsp3) is 0.667. The van der Waals surface area contributed by atoms with Crippen LogP contribution in [0.3, 0.4) is 0 Å². The Labute approximate surface area is 67.6 Å². The van der Waals surface area contributed by atoms with E-state index >= 15 is 0 Å². The molecule has 1 N–H and O–H groups in total. The van der Waals surface area contributed by atoms with Gasteiger partial charge in [-0.25, -0.2) is 0 Å². The molecule has 0 radical (unpaired) electrons. The quantitative estimate of drug-likeness (QED) is 0.717. The second-order valence-electron chi connectivity index (χ2n) is 0.796. The van der Waals surface area contributed by atoms with Crippen molar-refractivity contribution in [3.05, 3.63) is 0 Å². The summed E-state index contributed by atoms with van der Waals surface area (Å²) in [5.74, 6) is 0. The van der Waals surface area contributed by atoms with Crippen LogP contribution in [0.5, 0.6) is 0 Å². The van der Waals surface area contributed by atoms with Crippen LogP contribution in [0.15, 0.2) is 0 Å². The van der Waals surface area contributed by atoms with Gasteiger partial charge in [-0.15, -0.1) is 0 Å². The normalized spacial score (nSPS) is 6.38. The van der Waals surface area contributed by atoms with Crippen LogP contribution in [-0.2, 0) is 25.6 Å². The van der Waals surface area contributed by atoms with Crippen molar-refractivity contribution in [3.63, 3.8) is 0 Å². The maximum atomic E-state index is 9.34. The molecular weight excluding hydrogens is 228 g/mol. The summed E-state index contributed by atoms with van der Waals surface area (Å²) in [5.41, 5.74) is 0. The number of carbonyl (C=O) groups excluding carboxylic acids is 1. The summed E-state index contributed by atoms with van der Waals surface area (Å²) in [6, 6.07) is 0. The average molecular weight is 235 g/mol. The fourth-order valence-electron chi connectivity index (χ4n) is 0.0833. The molecule has 0 rings (SSSR count). The summed E-state index contributed by atoms with van der Waals surface area (Å²) in [6.07, 6.45) is 0.819. The van der Waals surface area contributed by atoms with Crippen molar-refractivity contribution in [1.82, 2.24) is 5.32 Å². The van der Waals surface area contributed by atoms with Gasteiger partial charge in [0, 0.05) is 0 Å². The zero-order valence-electron chi connectivity index (χ0n) is 4.45. The van der Waals surface area contributed by atoms with Crippen molar-refractivity contribution in [1.29, 1.82) is 0 Å². The van der Waals surface area contributed by atoms with Crippen molar-refractivity contribution in [2.75, 3.05) is 13.6 Å². The van der Waals surface area contributed by atoms with Gasteiger partial charge in [-0.2, -0.15) is 0 Å². The van der Waals surface area contributed by atoms with Crippen molar-refractivity contribution in [2.24, 2.45) is 0 Å². The van der Waals surface area contributed by atoms with Crippen LogP contribution in [0.4, 0.5) is 0 Å². The third-order valence-electron chi connectivity index (χ3n) is 0.287. The monoisotopic (exact) mass is 233 g/mol. The molecule has 0 aliphatic carbocycles. The van der Waals surface area contributed by atoms with Gasteiger partial charge in [0.15, 0.2) is 0 Å². The van der Waals surface area contributed by atoms with Gasteiger partial charge in [0.05, 0.1) is 6.54 Å². The predicted octanol–water partition coefficient (Wildman–Crippen LogP) is 0.781. The van der Waals surface area contributed by atoms with Gasteiger partial charge in [-0.05, 0) is 7.05 Å². The summed E-state index contributed by atoms with van der Waals surface area (Å²) in [4.78, 5) is 9.34. The van der Waals surface area contributed by atoms with Gasteiger partial charge in [0.2, 0.25) is 0 Å². The summed E-state index contributed by atoms with van der Waals surface area (Å²) >= 11 is -0.826. The summed E-state index contributed by atoms with van der Waals surface area (Å²) in [6.45, 7) is 0.458. The minimum atomic E-state index is -0.826. The van der Waals surface area contributed by atoms with Crippen LogP contribution in [0, 0.1) is 0 Å². The SMILES string of the molecule is CNCC=O.[Cl][Zr][Cl]. The third-order valence-corrected chi connectivity index (χ3v) is 0.287. The first-order valence-corrected chi connectivity index (χ1v) is 8.21. The van der Waals surface area contributed by atoms with Crippen LogP contribution in [0.25, 0.3) is 0 Å². The van der Waals surface area contributed by atoms with Crippen LogP contribution in [0.1, 0.15) is 0 Å². The molecule has 0 aromatic carbocycles. The van der Waals surface area contributed by atoms with E-state index < -0.39 is 20.8 Å². The number of hydrogen-bond donors (Lipinski definition) is 1. The zero-order valence-corrected chi connectivity index (χ0v) is 8.42. The molecule has 0 aliphatic rings. The standard InChI is InChI=1S/C3H7NO.2ClH.Zr/c1-4-2-3-5;;;/h3-4H,2H2,1H3;2*1H;/q;;;+2/p-2. The van der Waals surface area contributed by atoms with Gasteiger partial charge in [0.1, 0.15) is 6.29 Å². The molecule has 0 amide bonds. The van der Waals surface area contributed by atoms with Gasteiger partial charge >= 0.3 is 37.9 Å². The maximum absolute atomic E-state index is 9.34. The predicted molar refractivity (Wildman–Crippen MR) is 31.7 cm³/mol. The summed E-state index contributed by atoms with van der Waals surface area (Å²) in [5, 5.41) is 2.65. The summed E-state index contributed by atoms with van der Waals surface area (Å²) in [7, 11) is 11.6. The first kappa shape index (κ1) is 11.8. The molecule has 5 heteroatoms. The Bertz CT molecular complexity index is 46.3. The Balaban J connectivity index is 0. The molecule has 0 aliphatic heterocycles. The molecule has 0 spiro atoms. The topological polar surface area (TPSA) is 29.1 Å². The number of rotatable bonds is 2. The number of likely N-dealkylation sites (N-methyl/N-ethyl adjacent to an activating group) is 1. The fourth-order valence-corrected chi connectivity index (χ4v) is 0.0833. The molecule has 0 unspecified atom stereocenters. The van der Waals surface area contributed by atoms with Crippen molar-refractivity contribution >= 4 is 23.3 Å². The summed E-state index contributed by atoms with van der Waals surface area (Å²) < 4.78 is 0. The molecule has 0 atom stereocenters. The van der Waals surface area contributed by atoms with Crippen LogP contribution in [-0.4, -0.2) is 19.9 Å². The molecule has 2 nitrogen and oxygen atoms in total. The Morgan fingerprint density at radius 1 is 1.75 bits per heavy atom. The van der Waals surface area contributed by atoms with Crippen molar-refractivity contribution < 1.29 is 25.6 Å². The van der Waals surface area contributed by atoms with E-state index in [1.54, 1.807) is 7.05 Å². The molecule has 0 saturated heterocycles. The second kappa shape index (κ2) is 15.7. The van der Waals surface area contributed by atoms with Crippen molar-refractivity contribution in [3.8, 4) is 0 Å². The van der Waals surface area contributed by atoms with Gasteiger partial charge in [0.25, 0.3) is 0 Å². The number of halogens is 2. The number of carbonyl (C=O) groups is 1. The van der Waals surface area contributed by atoms with E-state index in [4.69, 9.17) is 17.0 Å². The van der Waals surface area contributed by atoms with E-state index in [1.807, 2.05) is 0 Å². The van der Waals surface area contributed by atoms with Crippen molar-refractivity contribution in [2.45, 2.75) is 0 Å². The van der Waals surface area contributed by atoms with E-state index in [9.17, 15) is 4.79 Å². The van der Waals surface area contributed by atoms with E-state index in [1.165, 1.54) is 0 Å². The van der Waals surface area contributed by atoms with Gasteiger partial charge in [-0.3, -0.25) is 0 Å². The Kier molecular flexibility index (Phi) is 23.2. The van der Waals surface area contributed by atoms with Gasteiger partial charge < -0.3 is 10.1 Å². The molecule has 48 valence electrons. The zero-order chi connectivity index (χ0) is 6.83. The van der Waals surface area contributed by atoms with E-state index in [0.717, 1.165) is 6.29 Å². The average Bonchev–Trinajstić information content (AvgIpc) is 1.71. The third kappa shape index (κ3) is 27.5. The Morgan fingerprint density at radius 2 is 2.12 bits per heavy atom. The molecule has 0 heterocycles. The number of aldehydes is 1. The Hall–Kier alpha value is 1.09. The first-order chi connectivity index (χ1) is 3.83. The minimum absolute atomic E-state index is 0.458. The Morgan fingerprint density at radius 3 is 2.12 bits per heavy atom. The van der Waals surface area contributed by atoms with Gasteiger partial charge in [-0.1, -0.05) is 0 Å². The van der Waals surface area contributed by atoms with E-state index in [-0.39, 0.29) is 0 Å². The number of hydrogen-bond acceptors (Lipinski definition) is 2. The first-order valence-electron chi connectivity index (χ1n) is 1.88. The second-order valence-corrected chi connectivity index (χ2v) is 4.53. The number of nitrogens with one attached hydrogen (secondary N) is 1. The molecular formula is C3H7Cl2NOZr.